The van der Waals surface area contributed by atoms with E-state index in [0.717, 1.165) is 4.90 Å². The van der Waals surface area contributed by atoms with Crippen molar-refractivity contribution in [2.24, 2.45) is 0 Å². The minimum atomic E-state index is -4.22. The number of hydrogen-bond acceptors (Lipinski definition) is 3. The van der Waals surface area contributed by atoms with E-state index in [-0.39, 0.29) is 19.0 Å². The summed E-state index contributed by atoms with van der Waals surface area (Å²) >= 11 is 0. The van der Waals surface area contributed by atoms with Gasteiger partial charge in [0.05, 0.1) is 6.54 Å². The SMILES string of the molecule is CC(=O)N(C)c1ccc(NC(=O)NCCCN(C)CC(F)(F)F)cc1. The molecule has 0 saturated carbocycles. The van der Waals surface area contributed by atoms with Gasteiger partial charge in [-0.1, -0.05) is 0 Å². The Labute approximate surface area is 145 Å². The van der Waals surface area contributed by atoms with Crippen LogP contribution in [0.15, 0.2) is 24.3 Å². The van der Waals surface area contributed by atoms with Gasteiger partial charge in [-0.3, -0.25) is 9.69 Å². The van der Waals surface area contributed by atoms with Gasteiger partial charge in [0.1, 0.15) is 0 Å². The number of nitrogens with zero attached hydrogens (tertiary/aromatic N) is 2. The first-order chi connectivity index (χ1) is 11.6. The molecular weight excluding hydrogens is 337 g/mol. The molecule has 1 aromatic rings. The molecule has 140 valence electrons. The maximum Gasteiger partial charge on any atom is 0.401 e. The van der Waals surface area contributed by atoms with Gasteiger partial charge in [-0.05, 0) is 44.3 Å². The Bertz CT molecular complexity index is 576. The minimum Gasteiger partial charge on any atom is -0.338 e. The molecule has 0 fully saturated rings. The molecule has 3 amide bonds. The third-order valence-electron chi connectivity index (χ3n) is 3.44. The summed E-state index contributed by atoms with van der Waals surface area (Å²) in [6, 6.07) is 6.27. The van der Waals surface area contributed by atoms with Gasteiger partial charge in [-0.25, -0.2) is 4.79 Å². The maximum absolute atomic E-state index is 12.2. The van der Waals surface area contributed by atoms with E-state index in [9.17, 15) is 22.8 Å². The second-order valence-corrected chi connectivity index (χ2v) is 5.71. The number of rotatable bonds is 7. The molecule has 1 rings (SSSR count). The standard InChI is InChI=1S/C16H23F3N4O2/c1-12(24)23(3)14-7-5-13(6-8-14)21-15(25)20-9-4-10-22(2)11-16(17,18)19/h5-8H,4,9-11H2,1-3H3,(H2,20,21,25). The van der Waals surface area contributed by atoms with Gasteiger partial charge in [0.25, 0.3) is 0 Å². The third kappa shape index (κ3) is 8.39. The minimum absolute atomic E-state index is 0.103. The number of carbonyl (C=O) groups is 2. The van der Waals surface area contributed by atoms with Crippen LogP contribution in [0.2, 0.25) is 0 Å². The number of anilines is 2. The lowest BCUT2D eigenvalue weighted by Gasteiger charge is -2.18. The number of urea groups is 1. The fourth-order valence-corrected chi connectivity index (χ4v) is 2.06. The highest BCUT2D eigenvalue weighted by Gasteiger charge is 2.28. The number of hydrogen-bond donors (Lipinski definition) is 2. The quantitative estimate of drug-likeness (QED) is 0.735. The lowest BCUT2D eigenvalue weighted by Crippen LogP contribution is -2.34. The molecule has 1 aromatic carbocycles. The van der Waals surface area contributed by atoms with Gasteiger partial charge < -0.3 is 15.5 Å². The zero-order valence-corrected chi connectivity index (χ0v) is 14.5. The van der Waals surface area contributed by atoms with Gasteiger partial charge in [-0.2, -0.15) is 13.2 Å². The van der Waals surface area contributed by atoms with Crippen molar-refractivity contribution in [2.75, 3.05) is 43.9 Å². The molecule has 0 heterocycles. The molecule has 0 aromatic heterocycles. The predicted octanol–water partition coefficient (Wildman–Crippen LogP) is 2.68. The van der Waals surface area contributed by atoms with Crippen molar-refractivity contribution in [2.45, 2.75) is 19.5 Å². The van der Waals surface area contributed by atoms with Crippen molar-refractivity contribution in [3.8, 4) is 0 Å². The van der Waals surface area contributed by atoms with E-state index in [0.29, 0.717) is 17.8 Å². The highest BCUT2D eigenvalue weighted by molar-refractivity contribution is 5.92. The first-order valence-electron chi connectivity index (χ1n) is 7.73. The molecule has 0 atom stereocenters. The Morgan fingerprint density at radius 2 is 1.72 bits per heavy atom. The van der Waals surface area contributed by atoms with Crippen LogP contribution in [0, 0.1) is 0 Å². The average Bonchev–Trinajstić information content (AvgIpc) is 2.50. The first kappa shape index (κ1) is 20.8. The highest BCUT2D eigenvalue weighted by atomic mass is 19.4. The molecule has 2 N–H and O–H groups in total. The second-order valence-electron chi connectivity index (χ2n) is 5.71. The zero-order valence-electron chi connectivity index (χ0n) is 14.5. The molecule has 0 radical (unpaired) electrons. The molecule has 0 saturated heterocycles. The summed E-state index contributed by atoms with van der Waals surface area (Å²) in [5, 5.41) is 5.20. The van der Waals surface area contributed by atoms with Crippen LogP contribution < -0.4 is 15.5 Å². The van der Waals surface area contributed by atoms with Crippen LogP contribution >= 0.6 is 0 Å². The lowest BCUT2D eigenvalue weighted by atomic mass is 10.2. The molecule has 25 heavy (non-hydrogen) atoms. The van der Waals surface area contributed by atoms with Crippen LogP contribution in [-0.2, 0) is 4.79 Å². The van der Waals surface area contributed by atoms with E-state index in [1.54, 1.807) is 31.3 Å². The summed E-state index contributed by atoms with van der Waals surface area (Å²) in [4.78, 5) is 25.6. The zero-order chi connectivity index (χ0) is 19.0. The smallest absolute Gasteiger partial charge is 0.338 e. The van der Waals surface area contributed by atoms with Crippen LogP contribution in [-0.4, -0.2) is 56.7 Å². The Morgan fingerprint density at radius 3 is 2.24 bits per heavy atom. The average molecular weight is 360 g/mol. The van der Waals surface area contributed by atoms with Crippen molar-refractivity contribution in [1.82, 2.24) is 10.2 Å². The largest absolute Gasteiger partial charge is 0.401 e. The number of benzene rings is 1. The van der Waals surface area contributed by atoms with Crippen molar-refractivity contribution < 1.29 is 22.8 Å². The van der Waals surface area contributed by atoms with Crippen molar-refractivity contribution in [1.29, 1.82) is 0 Å². The Kier molecular flexibility index (Phi) is 7.69. The van der Waals surface area contributed by atoms with E-state index in [4.69, 9.17) is 0 Å². The summed E-state index contributed by atoms with van der Waals surface area (Å²) in [6.07, 6.45) is -3.81. The van der Waals surface area contributed by atoms with Gasteiger partial charge in [0.2, 0.25) is 5.91 Å². The van der Waals surface area contributed by atoms with Crippen LogP contribution in [0.5, 0.6) is 0 Å². The van der Waals surface area contributed by atoms with Crippen molar-refractivity contribution in [3.05, 3.63) is 24.3 Å². The summed E-state index contributed by atoms with van der Waals surface area (Å²) < 4.78 is 36.5. The van der Waals surface area contributed by atoms with E-state index in [1.165, 1.54) is 18.9 Å². The van der Waals surface area contributed by atoms with Crippen molar-refractivity contribution >= 4 is 23.3 Å². The Balaban J connectivity index is 2.32. The number of carbonyl (C=O) groups excluding carboxylic acids is 2. The summed E-state index contributed by atoms with van der Waals surface area (Å²) in [7, 11) is 3.03. The first-order valence-corrected chi connectivity index (χ1v) is 7.73. The lowest BCUT2D eigenvalue weighted by molar-refractivity contribution is -0.143. The van der Waals surface area contributed by atoms with Crippen molar-refractivity contribution in [3.63, 3.8) is 0 Å². The van der Waals surface area contributed by atoms with Crippen LogP contribution in [0.3, 0.4) is 0 Å². The van der Waals surface area contributed by atoms with Gasteiger partial charge >= 0.3 is 12.2 Å². The molecule has 9 heteroatoms. The van der Waals surface area contributed by atoms with Gasteiger partial charge in [-0.15, -0.1) is 0 Å². The van der Waals surface area contributed by atoms with Gasteiger partial charge in [0, 0.05) is 31.9 Å². The predicted molar refractivity (Wildman–Crippen MR) is 90.7 cm³/mol. The fraction of sp³-hybridized carbons (Fsp3) is 0.500. The molecular formula is C16H23F3N4O2. The molecule has 0 aliphatic carbocycles. The molecule has 0 aliphatic heterocycles. The van der Waals surface area contributed by atoms with Gasteiger partial charge in [0.15, 0.2) is 0 Å². The summed E-state index contributed by atoms with van der Waals surface area (Å²) in [5.41, 5.74) is 1.25. The normalized spacial score (nSPS) is 11.3. The molecule has 0 unspecified atom stereocenters. The molecule has 6 nitrogen and oxygen atoms in total. The van der Waals surface area contributed by atoms with Crippen LogP contribution in [0.4, 0.5) is 29.3 Å². The van der Waals surface area contributed by atoms with E-state index < -0.39 is 18.8 Å². The van der Waals surface area contributed by atoms with E-state index in [2.05, 4.69) is 10.6 Å². The monoisotopic (exact) mass is 360 g/mol. The summed E-state index contributed by atoms with van der Waals surface area (Å²) in [5.74, 6) is -0.103. The Hall–Kier alpha value is -2.29. The van der Waals surface area contributed by atoms with E-state index in [1.807, 2.05) is 0 Å². The fourth-order valence-electron chi connectivity index (χ4n) is 2.06. The van der Waals surface area contributed by atoms with Crippen LogP contribution in [0.25, 0.3) is 0 Å². The maximum atomic E-state index is 12.2. The second kappa shape index (κ2) is 9.26. The highest BCUT2D eigenvalue weighted by Crippen LogP contribution is 2.17. The number of nitrogens with one attached hydrogen (secondary N) is 2. The molecule has 0 aliphatic rings. The van der Waals surface area contributed by atoms with Crippen LogP contribution in [0.1, 0.15) is 13.3 Å². The number of alkyl halides is 3. The number of halogens is 3. The topological polar surface area (TPSA) is 64.7 Å². The summed E-state index contributed by atoms with van der Waals surface area (Å²) in [6.45, 7) is 0.969. The van der Waals surface area contributed by atoms with E-state index >= 15 is 0 Å². The Morgan fingerprint density at radius 1 is 1.12 bits per heavy atom. The number of amides is 3. The molecule has 0 bridgehead atoms. The third-order valence-corrected chi connectivity index (χ3v) is 3.44. The molecule has 0 spiro atoms.